The van der Waals surface area contributed by atoms with Crippen molar-refractivity contribution in [2.75, 3.05) is 51.0 Å². The zero-order valence-electron chi connectivity index (χ0n) is 37.4. The fourth-order valence-electron chi connectivity index (χ4n) is 9.15. The number of aryl methyl sites for hydroxylation is 2. The van der Waals surface area contributed by atoms with Crippen molar-refractivity contribution in [1.82, 2.24) is 29.6 Å². The number of carbonyl (C=O) groups excluding carboxylic acids is 6. The van der Waals surface area contributed by atoms with Crippen LogP contribution in [0.15, 0.2) is 67.4 Å². The molecule has 0 radical (unpaired) electrons. The number of thiazole rings is 2. The number of hydrogen-bond donors (Lipinski definition) is 2. The summed E-state index contributed by atoms with van der Waals surface area (Å²) in [5.41, 5.74) is 3.09. The zero-order valence-corrected chi connectivity index (χ0v) is 40.6. The fourth-order valence-corrected chi connectivity index (χ4v) is 13.4. The van der Waals surface area contributed by atoms with Gasteiger partial charge in [-0.2, -0.15) is 0 Å². The van der Waals surface area contributed by atoms with Crippen molar-refractivity contribution in [2.45, 2.75) is 95.8 Å². The number of fused-ring (bicyclic) bond motifs is 4. The highest BCUT2D eigenvalue weighted by molar-refractivity contribution is 8.01. The van der Waals surface area contributed by atoms with E-state index >= 15 is 0 Å². The van der Waals surface area contributed by atoms with Crippen LogP contribution in [0.4, 0.5) is 10.3 Å². The number of anilines is 2. The molecular formula is C46H50N8O8S4. The first-order valence-corrected chi connectivity index (χ1v) is 24.7. The lowest BCUT2D eigenvalue weighted by molar-refractivity contribution is -0.131. The second-order valence-electron chi connectivity index (χ2n) is 16.6. The lowest BCUT2D eigenvalue weighted by Gasteiger charge is -2.41. The molecule has 4 fully saturated rings. The standard InChI is InChI=1S/C46H50N8O8S4/c1-8-39(57)53-28-9-10-29(53)23-52(22-28)42(59)32-17-38(25(3)16-35(32)61-6)64-44-34(50-46(66-44)49-27(5)56)13-14-40(58)51-20-30-11-12-31(21-51)54(30)43(60)33-18-37(24(2)15-36(33)62-7)63-41-19-47-45(65-41)48-26(4)55/h8,13-19,28-31H,1,9-12,20-23H2,2-7H3,(H,47,48,55)(H,49,50,56)/t28-,29+,30-,31+. The number of methoxy groups -OCH3 is 2. The molecule has 2 N–H and O–H groups in total. The first-order valence-electron chi connectivity index (χ1n) is 21.4. The molecule has 4 aromatic rings. The highest BCUT2D eigenvalue weighted by Crippen LogP contribution is 2.43. The maximum absolute atomic E-state index is 14.4. The van der Waals surface area contributed by atoms with E-state index in [0.717, 1.165) is 50.8 Å². The second-order valence-corrected chi connectivity index (χ2v) is 21.3. The molecule has 8 rings (SSSR count). The molecule has 0 unspecified atom stereocenters. The predicted octanol–water partition coefficient (Wildman–Crippen LogP) is 6.98. The molecule has 0 spiro atoms. The number of aromatic nitrogens is 2. The van der Waals surface area contributed by atoms with Crippen molar-refractivity contribution in [3.63, 3.8) is 0 Å². The van der Waals surface area contributed by atoms with Gasteiger partial charge in [0.05, 0.1) is 69.8 Å². The first kappa shape index (κ1) is 46.8. The van der Waals surface area contributed by atoms with Crippen molar-refractivity contribution < 1.29 is 38.2 Å². The Morgan fingerprint density at radius 2 is 1.24 bits per heavy atom. The monoisotopic (exact) mass is 970 g/mol. The summed E-state index contributed by atoms with van der Waals surface area (Å²) in [4.78, 5) is 96.6. The third kappa shape index (κ3) is 9.72. The quantitative estimate of drug-likeness (QED) is 0.131. The van der Waals surface area contributed by atoms with Crippen molar-refractivity contribution >= 4 is 98.0 Å². The molecule has 4 aliphatic heterocycles. The Morgan fingerprint density at radius 3 is 1.80 bits per heavy atom. The number of nitrogens with one attached hydrogen (secondary N) is 2. The molecule has 20 heteroatoms. The molecule has 0 saturated carbocycles. The molecule has 6 heterocycles. The highest BCUT2D eigenvalue weighted by atomic mass is 32.2. The first-order chi connectivity index (χ1) is 31.6. The van der Waals surface area contributed by atoms with Gasteiger partial charge in [-0.05, 0) is 87.1 Å². The number of ether oxygens (including phenoxy) is 2. The van der Waals surface area contributed by atoms with E-state index < -0.39 is 0 Å². The van der Waals surface area contributed by atoms with Crippen LogP contribution in [-0.2, 0) is 19.2 Å². The summed E-state index contributed by atoms with van der Waals surface area (Å²) in [7, 11) is 3.08. The van der Waals surface area contributed by atoms with Crippen molar-refractivity contribution in [1.29, 1.82) is 0 Å². The molecule has 0 aliphatic carbocycles. The summed E-state index contributed by atoms with van der Waals surface area (Å²) in [6.45, 7) is 11.9. The minimum absolute atomic E-state index is 0.0727. The van der Waals surface area contributed by atoms with E-state index in [1.165, 1.54) is 79.3 Å². The molecule has 4 atom stereocenters. The van der Waals surface area contributed by atoms with Crippen LogP contribution >= 0.6 is 46.2 Å². The van der Waals surface area contributed by atoms with Gasteiger partial charge in [0.2, 0.25) is 23.6 Å². The second kappa shape index (κ2) is 19.6. The van der Waals surface area contributed by atoms with Gasteiger partial charge >= 0.3 is 0 Å². The predicted molar refractivity (Wildman–Crippen MR) is 255 cm³/mol. The minimum atomic E-state index is -0.289. The molecule has 6 amide bonds. The van der Waals surface area contributed by atoms with E-state index in [1.54, 1.807) is 29.2 Å². The van der Waals surface area contributed by atoms with Crippen LogP contribution in [0.1, 0.15) is 77.1 Å². The highest BCUT2D eigenvalue weighted by Gasteiger charge is 2.45. The number of carbonyl (C=O) groups is 6. The van der Waals surface area contributed by atoms with Crippen molar-refractivity contribution in [3.05, 3.63) is 77.1 Å². The van der Waals surface area contributed by atoms with E-state index in [9.17, 15) is 28.8 Å². The number of nitrogens with zero attached hydrogens (tertiary/aromatic N) is 6. The van der Waals surface area contributed by atoms with E-state index in [1.807, 2.05) is 47.9 Å². The molecule has 4 saturated heterocycles. The number of piperazine rings is 2. The molecule has 4 aliphatic rings. The van der Waals surface area contributed by atoms with Crippen LogP contribution in [0.3, 0.4) is 0 Å². The molecular weight excluding hydrogens is 921 g/mol. The summed E-state index contributed by atoms with van der Waals surface area (Å²) in [6, 6.07) is 6.81. The Balaban J connectivity index is 0.976. The topological polar surface area (TPSA) is 184 Å². The van der Waals surface area contributed by atoms with Gasteiger partial charge in [-0.15, -0.1) is 0 Å². The van der Waals surface area contributed by atoms with E-state index in [0.29, 0.717) is 69.0 Å². The van der Waals surface area contributed by atoms with Crippen molar-refractivity contribution in [3.8, 4) is 11.5 Å². The van der Waals surface area contributed by atoms with Crippen molar-refractivity contribution in [2.24, 2.45) is 0 Å². The Hall–Kier alpha value is -5.70. The maximum atomic E-state index is 14.4. The lowest BCUT2D eigenvalue weighted by Crippen LogP contribution is -2.56. The van der Waals surface area contributed by atoms with Gasteiger partial charge in [0.1, 0.15) is 11.5 Å². The van der Waals surface area contributed by atoms with Crippen LogP contribution in [0, 0.1) is 13.8 Å². The largest absolute Gasteiger partial charge is 0.496 e. The molecule has 346 valence electrons. The van der Waals surface area contributed by atoms with Crippen LogP contribution in [-0.4, -0.2) is 130 Å². The van der Waals surface area contributed by atoms with Crippen LogP contribution in [0.25, 0.3) is 6.08 Å². The molecule has 2 aromatic heterocycles. The van der Waals surface area contributed by atoms with Gasteiger partial charge in [0.25, 0.3) is 11.8 Å². The average Bonchev–Trinajstić information content (AvgIpc) is 4.03. The number of amides is 6. The third-order valence-corrected chi connectivity index (χ3v) is 16.7. The number of rotatable bonds is 13. The maximum Gasteiger partial charge on any atom is 0.258 e. The normalized spacial score (nSPS) is 19.8. The van der Waals surface area contributed by atoms with E-state index in [-0.39, 0.29) is 59.6 Å². The molecule has 16 nitrogen and oxygen atoms in total. The molecule has 66 heavy (non-hydrogen) atoms. The summed E-state index contributed by atoms with van der Waals surface area (Å²) >= 11 is 5.45. The summed E-state index contributed by atoms with van der Waals surface area (Å²) in [6.07, 6.45) is 9.30. The Kier molecular flexibility index (Phi) is 13.9. The van der Waals surface area contributed by atoms with Crippen LogP contribution in [0.2, 0.25) is 0 Å². The fraction of sp³-hybridized carbons (Fsp3) is 0.391. The van der Waals surface area contributed by atoms with Crippen LogP contribution in [0.5, 0.6) is 11.5 Å². The smallest absolute Gasteiger partial charge is 0.258 e. The van der Waals surface area contributed by atoms with Gasteiger partial charge in [0, 0.05) is 55.9 Å². The summed E-state index contributed by atoms with van der Waals surface area (Å²) in [5, 5.41) is 6.33. The van der Waals surface area contributed by atoms with Gasteiger partial charge in [-0.25, -0.2) is 9.97 Å². The number of benzene rings is 2. The van der Waals surface area contributed by atoms with E-state index in [2.05, 4.69) is 27.2 Å². The lowest BCUT2D eigenvalue weighted by atomic mass is 10.1. The summed E-state index contributed by atoms with van der Waals surface area (Å²) in [5.74, 6) is -0.263. The number of hydrogen-bond acceptors (Lipinski definition) is 14. The van der Waals surface area contributed by atoms with Gasteiger partial charge in [-0.3, -0.25) is 28.8 Å². The van der Waals surface area contributed by atoms with Gasteiger partial charge < -0.3 is 39.7 Å². The molecule has 4 bridgehead atoms. The van der Waals surface area contributed by atoms with Gasteiger partial charge in [-0.1, -0.05) is 52.8 Å². The SMILES string of the molecule is C=CC(=O)N1[C@@H]2CC[C@H]1CN(C(=O)c1cc(Sc3sc(NC(C)=O)nc3C=CC(=O)N3C[C@H]4CC[C@@H](C3)N4C(=O)c3cc(Sc4cnc(NC(C)=O)s4)c(C)cc3OC)c(C)cc1OC)C2. The average molecular weight is 971 g/mol. The Labute approximate surface area is 399 Å². The van der Waals surface area contributed by atoms with E-state index in [4.69, 9.17) is 9.47 Å². The Bertz CT molecular complexity index is 2640. The third-order valence-electron chi connectivity index (χ3n) is 12.1. The zero-order chi connectivity index (χ0) is 47.0. The minimum Gasteiger partial charge on any atom is -0.496 e. The summed E-state index contributed by atoms with van der Waals surface area (Å²) < 4.78 is 13.0. The van der Waals surface area contributed by atoms with Crippen LogP contribution < -0.4 is 20.1 Å². The Morgan fingerprint density at radius 1 is 0.712 bits per heavy atom. The molecule has 2 aromatic carbocycles. The number of likely N-dealkylation sites (tertiary alicyclic amines) is 2. The van der Waals surface area contributed by atoms with Gasteiger partial charge in [0.15, 0.2) is 10.3 Å².